The van der Waals surface area contributed by atoms with Crippen LogP contribution in [0.2, 0.25) is 0 Å². The molecule has 3 heterocycles. The summed E-state index contributed by atoms with van der Waals surface area (Å²) in [5.74, 6) is 1.12. The Balaban J connectivity index is 1.60. The molecule has 1 aliphatic heterocycles. The van der Waals surface area contributed by atoms with Crippen LogP contribution in [0, 0.1) is 0 Å². The fourth-order valence-electron chi connectivity index (χ4n) is 3.70. The van der Waals surface area contributed by atoms with Crippen LogP contribution in [0.1, 0.15) is 12.0 Å². The van der Waals surface area contributed by atoms with Gasteiger partial charge in [0.25, 0.3) is 0 Å². The first kappa shape index (κ1) is 23.5. The van der Waals surface area contributed by atoms with Crippen molar-refractivity contribution in [3.05, 3.63) is 36.2 Å². The topological polar surface area (TPSA) is 137 Å². The highest BCUT2D eigenvalue weighted by molar-refractivity contribution is 6.06. The molecule has 0 unspecified atom stereocenters. The van der Waals surface area contributed by atoms with Gasteiger partial charge in [-0.1, -0.05) is 6.07 Å². The summed E-state index contributed by atoms with van der Waals surface area (Å²) in [6, 6.07) is 7.43. The van der Waals surface area contributed by atoms with Gasteiger partial charge in [0.1, 0.15) is 23.5 Å². The molecule has 0 fully saturated rings. The number of benzene rings is 1. The average molecular weight is 468 g/mol. The summed E-state index contributed by atoms with van der Waals surface area (Å²) in [6.07, 6.45) is 3.74. The Labute approximate surface area is 197 Å². The summed E-state index contributed by atoms with van der Waals surface area (Å²) >= 11 is 0. The summed E-state index contributed by atoms with van der Waals surface area (Å²) in [5.41, 5.74) is 1.64. The zero-order valence-electron chi connectivity index (χ0n) is 19.1. The molecule has 3 aromatic rings. The van der Waals surface area contributed by atoms with Crippen molar-refractivity contribution >= 4 is 34.7 Å². The van der Waals surface area contributed by atoms with Gasteiger partial charge >= 0.3 is 0 Å². The molecular formula is C23H29N7O4. The molecule has 2 aromatic heterocycles. The second-order valence-electron chi connectivity index (χ2n) is 7.84. The van der Waals surface area contributed by atoms with E-state index >= 15 is 0 Å². The molecule has 180 valence electrons. The van der Waals surface area contributed by atoms with Crippen LogP contribution in [-0.4, -0.2) is 90.1 Å². The fourth-order valence-corrected chi connectivity index (χ4v) is 3.70. The van der Waals surface area contributed by atoms with Gasteiger partial charge < -0.3 is 30.2 Å². The first-order chi connectivity index (χ1) is 16.6. The number of anilines is 1. The number of carbonyl (C=O) groups is 1. The fraction of sp³-hybridized carbons (Fsp3) is 0.391. The normalized spacial score (nSPS) is 16.1. The van der Waals surface area contributed by atoms with E-state index in [4.69, 9.17) is 9.47 Å². The monoisotopic (exact) mass is 467 g/mol. The van der Waals surface area contributed by atoms with Crippen molar-refractivity contribution in [1.82, 2.24) is 25.2 Å². The van der Waals surface area contributed by atoms with Crippen molar-refractivity contribution in [1.29, 1.82) is 0 Å². The average Bonchev–Trinajstić information content (AvgIpc) is 3.16. The van der Waals surface area contributed by atoms with Crippen molar-refractivity contribution in [2.75, 3.05) is 58.4 Å². The Morgan fingerprint density at radius 3 is 3.00 bits per heavy atom. The molecule has 0 spiro atoms. The Kier molecular flexibility index (Phi) is 7.89. The molecule has 11 nitrogen and oxygen atoms in total. The van der Waals surface area contributed by atoms with Crippen LogP contribution in [0.15, 0.2) is 35.6 Å². The van der Waals surface area contributed by atoms with Crippen LogP contribution >= 0.6 is 0 Å². The maximum absolute atomic E-state index is 12.5. The Bertz CT molecular complexity index is 1150. The van der Waals surface area contributed by atoms with Crippen LogP contribution in [-0.2, 0) is 9.53 Å². The van der Waals surface area contributed by atoms with Gasteiger partial charge in [0, 0.05) is 45.6 Å². The molecular weight excluding hydrogens is 438 g/mol. The van der Waals surface area contributed by atoms with Crippen LogP contribution in [0.4, 0.5) is 11.5 Å². The van der Waals surface area contributed by atoms with Crippen molar-refractivity contribution in [2.45, 2.75) is 6.42 Å². The van der Waals surface area contributed by atoms with Gasteiger partial charge in [-0.25, -0.2) is 9.97 Å². The minimum absolute atomic E-state index is 0.0509. The van der Waals surface area contributed by atoms with E-state index in [1.54, 1.807) is 13.3 Å². The molecule has 0 saturated carbocycles. The number of hydrogen-bond acceptors (Lipinski definition) is 9. The highest BCUT2D eigenvalue weighted by Crippen LogP contribution is 2.30. The van der Waals surface area contributed by atoms with E-state index in [9.17, 15) is 9.90 Å². The van der Waals surface area contributed by atoms with Crippen molar-refractivity contribution in [2.24, 2.45) is 4.99 Å². The molecule has 0 saturated heterocycles. The lowest BCUT2D eigenvalue weighted by Crippen LogP contribution is -2.41. The quantitative estimate of drug-likeness (QED) is 0.457. The number of rotatable bonds is 3. The number of nitrogens with one attached hydrogen (secondary N) is 3. The second kappa shape index (κ2) is 11.4. The molecule has 34 heavy (non-hydrogen) atoms. The number of methoxy groups -OCH3 is 1. The van der Waals surface area contributed by atoms with Crippen molar-refractivity contribution in [3.63, 3.8) is 0 Å². The van der Waals surface area contributed by atoms with E-state index in [0.29, 0.717) is 73.2 Å². The standard InChI is InChI=1S/C23H29N7O4/c1-33-11-9-30-8-3-10-34-17-5-2-4-16(12-17)26-13-18-20-21(25-7-6-24-19(31)14-30)27-15-28-22(20)29-23(18)32/h2,4-5,12-13,15,32H,3,6-11,14H2,1H3,(H,24,31)(H2,25,27,28,29). The van der Waals surface area contributed by atoms with Gasteiger partial charge in [-0.2, -0.15) is 0 Å². The third kappa shape index (κ3) is 6.00. The largest absolute Gasteiger partial charge is 0.494 e. The molecule has 2 bridgehead atoms. The van der Waals surface area contributed by atoms with Gasteiger partial charge in [0.15, 0.2) is 5.88 Å². The van der Waals surface area contributed by atoms with E-state index in [2.05, 4.69) is 30.6 Å². The Morgan fingerprint density at radius 2 is 2.12 bits per heavy atom. The summed E-state index contributed by atoms with van der Waals surface area (Å²) in [6.45, 7) is 3.56. The summed E-state index contributed by atoms with van der Waals surface area (Å²) < 4.78 is 11.1. The number of aliphatic imine (C=N–C) groups is 1. The predicted molar refractivity (Wildman–Crippen MR) is 129 cm³/mol. The highest BCUT2D eigenvalue weighted by atomic mass is 16.5. The number of aromatic nitrogens is 3. The molecule has 0 aliphatic carbocycles. The lowest BCUT2D eigenvalue weighted by atomic mass is 10.2. The zero-order chi connectivity index (χ0) is 23.8. The molecule has 11 heteroatoms. The lowest BCUT2D eigenvalue weighted by molar-refractivity contribution is -0.122. The molecule has 1 aromatic carbocycles. The third-order valence-electron chi connectivity index (χ3n) is 5.37. The highest BCUT2D eigenvalue weighted by Gasteiger charge is 2.16. The Hall–Kier alpha value is -3.70. The minimum Gasteiger partial charge on any atom is -0.494 e. The van der Waals surface area contributed by atoms with Crippen LogP contribution in [0.3, 0.4) is 0 Å². The number of ether oxygens (including phenoxy) is 2. The van der Waals surface area contributed by atoms with E-state index in [-0.39, 0.29) is 18.3 Å². The number of fused-ring (bicyclic) bond motifs is 2. The maximum Gasteiger partial charge on any atom is 0.234 e. The molecule has 4 rings (SSSR count). The summed E-state index contributed by atoms with van der Waals surface area (Å²) in [4.78, 5) is 30.4. The van der Waals surface area contributed by atoms with Gasteiger partial charge in [0.2, 0.25) is 5.91 Å². The van der Waals surface area contributed by atoms with Gasteiger partial charge in [-0.15, -0.1) is 0 Å². The van der Waals surface area contributed by atoms with Crippen LogP contribution in [0.25, 0.3) is 11.0 Å². The number of hydrogen-bond donors (Lipinski definition) is 4. The SMILES string of the molecule is COCCN1CCCOc2cccc(c2)N=Cc2c(O)[nH]c3ncnc(c23)NCCNC(=O)C1. The van der Waals surface area contributed by atoms with Crippen LogP contribution < -0.4 is 15.4 Å². The first-order valence-corrected chi connectivity index (χ1v) is 11.2. The summed E-state index contributed by atoms with van der Waals surface area (Å²) in [7, 11) is 1.65. The number of aromatic amines is 1. The van der Waals surface area contributed by atoms with Gasteiger partial charge in [0.05, 0.1) is 36.4 Å². The smallest absolute Gasteiger partial charge is 0.234 e. The van der Waals surface area contributed by atoms with E-state index < -0.39 is 0 Å². The molecule has 0 atom stereocenters. The molecule has 0 radical (unpaired) electrons. The van der Waals surface area contributed by atoms with Crippen LogP contribution in [0.5, 0.6) is 11.6 Å². The number of nitrogens with zero attached hydrogens (tertiary/aromatic N) is 4. The minimum atomic E-state index is -0.0654. The summed E-state index contributed by atoms with van der Waals surface area (Å²) in [5, 5.41) is 17.2. The van der Waals surface area contributed by atoms with E-state index in [1.165, 1.54) is 6.33 Å². The molecule has 1 amide bonds. The number of amides is 1. The number of carbonyl (C=O) groups excluding carboxylic acids is 1. The third-order valence-corrected chi connectivity index (χ3v) is 5.37. The maximum atomic E-state index is 12.5. The first-order valence-electron chi connectivity index (χ1n) is 11.2. The van der Waals surface area contributed by atoms with Crippen molar-refractivity contribution in [3.8, 4) is 11.6 Å². The lowest BCUT2D eigenvalue weighted by Gasteiger charge is -2.21. The van der Waals surface area contributed by atoms with Gasteiger partial charge in [-0.3, -0.25) is 14.7 Å². The second-order valence-corrected chi connectivity index (χ2v) is 7.84. The number of H-pyrrole nitrogens is 1. The van der Waals surface area contributed by atoms with E-state index in [0.717, 1.165) is 6.42 Å². The molecule has 4 N–H and O–H groups in total. The predicted octanol–water partition coefficient (Wildman–Crippen LogP) is 1.67. The molecule has 1 aliphatic rings. The zero-order valence-corrected chi connectivity index (χ0v) is 19.1. The van der Waals surface area contributed by atoms with Crippen molar-refractivity contribution < 1.29 is 19.4 Å². The van der Waals surface area contributed by atoms with Gasteiger partial charge in [-0.05, 0) is 18.6 Å². The Morgan fingerprint density at radius 1 is 1.24 bits per heavy atom. The van der Waals surface area contributed by atoms with E-state index in [1.807, 2.05) is 29.2 Å². The number of aromatic hydroxyl groups is 1.